The van der Waals surface area contributed by atoms with Gasteiger partial charge >= 0.3 is 0 Å². The third-order valence-electron chi connectivity index (χ3n) is 3.38. The van der Waals surface area contributed by atoms with Crippen molar-refractivity contribution in [2.24, 2.45) is 0 Å². The van der Waals surface area contributed by atoms with E-state index in [1.807, 2.05) is 0 Å². The minimum absolute atomic E-state index is 0.105. The maximum absolute atomic E-state index is 3.55. The predicted octanol–water partition coefficient (Wildman–Crippen LogP) is 3.63. The Kier molecular flexibility index (Phi) is 1.84. The van der Waals surface area contributed by atoms with Gasteiger partial charge in [-0.05, 0) is 30.7 Å². The number of nitrogens with one attached hydrogen (secondary N) is 1. The second-order valence-electron chi connectivity index (χ2n) is 4.34. The number of hydrogen-bond acceptors (Lipinski definition) is 1. The molecule has 0 radical (unpaired) electrons. The van der Waals surface area contributed by atoms with E-state index in [1.54, 1.807) is 0 Å². The molecule has 1 aromatic rings. The molecular weight excluding hydrogens is 250 g/mol. The molecule has 1 nitrogen and oxygen atoms in total. The molecule has 76 valence electrons. The van der Waals surface area contributed by atoms with Gasteiger partial charge in [-0.2, -0.15) is 0 Å². The van der Waals surface area contributed by atoms with E-state index in [9.17, 15) is 0 Å². The Bertz CT molecular complexity index is 475. The molecule has 1 heterocycles. The number of hydrogen-bond donors (Lipinski definition) is 1. The largest absolute Gasteiger partial charge is 0.377 e. The highest BCUT2D eigenvalue weighted by molar-refractivity contribution is 9.10. The summed E-state index contributed by atoms with van der Waals surface area (Å²) >= 11 is 3.54. The molecule has 0 amide bonds. The molecule has 0 saturated carbocycles. The van der Waals surface area contributed by atoms with Gasteiger partial charge in [0.15, 0.2) is 0 Å². The molecule has 0 aromatic heterocycles. The lowest BCUT2D eigenvalue weighted by Gasteiger charge is -2.28. The molecule has 0 fully saturated rings. The monoisotopic (exact) mass is 261 g/mol. The highest BCUT2D eigenvalue weighted by atomic mass is 79.9. The molecular formula is C13H12BrN. The Balaban J connectivity index is 2.21. The van der Waals surface area contributed by atoms with Gasteiger partial charge in [-0.25, -0.2) is 0 Å². The van der Waals surface area contributed by atoms with Gasteiger partial charge in [0, 0.05) is 15.6 Å². The van der Waals surface area contributed by atoms with Crippen molar-refractivity contribution >= 4 is 21.6 Å². The highest BCUT2D eigenvalue weighted by Crippen LogP contribution is 2.44. The summed E-state index contributed by atoms with van der Waals surface area (Å²) < 4.78 is 1.15. The SMILES string of the molecule is CC12C=CC=CC1Nc1ccc(Br)cc12. The van der Waals surface area contributed by atoms with Crippen LogP contribution in [0, 0.1) is 0 Å². The van der Waals surface area contributed by atoms with Crippen LogP contribution in [0.5, 0.6) is 0 Å². The highest BCUT2D eigenvalue weighted by Gasteiger charge is 2.40. The lowest BCUT2D eigenvalue weighted by Crippen LogP contribution is -2.33. The topological polar surface area (TPSA) is 12.0 Å². The summed E-state index contributed by atoms with van der Waals surface area (Å²) in [6.07, 6.45) is 8.76. The van der Waals surface area contributed by atoms with Gasteiger partial charge in [0.2, 0.25) is 0 Å². The number of rotatable bonds is 0. The lowest BCUT2D eigenvalue weighted by atomic mass is 9.76. The summed E-state index contributed by atoms with van der Waals surface area (Å²) in [6.45, 7) is 2.28. The van der Waals surface area contributed by atoms with Crippen LogP contribution >= 0.6 is 15.9 Å². The van der Waals surface area contributed by atoms with Crippen LogP contribution in [0.1, 0.15) is 12.5 Å². The second-order valence-corrected chi connectivity index (χ2v) is 5.25. The summed E-state index contributed by atoms with van der Waals surface area (Å²) in [5.41, 5.74) is 2.73. The first-order chi connectivity index (χ1) is 7.20. The zero-order valence-electron chi connectivity index (χ0n) is 8.50. The normalized spacial score (nSPS) is 30.9. The van der Waals surface area contributed by atoms with Crippen molar-refractivity contribution in [1.82, 2.24) is 0 Å². The van der Waals surface area contributed by atoms with Gasteiger partial charge in [-0.3, -0.25) is 0 Å². The van der Waals surface area contributed by atoms with Crippen LogP contribution in [0.25, 0.3) is 0 Å². The third-order valence-corrected chi connectivity index (χ3v) is 3.87. The molecule has 0 saturated heterocycles. The average Bonchev–Trinajstić information content (AvgIpc) is 2.51. The summed E-state index contributed by atoms with van der Waals surface area (Å²) in [4.78, 5) is 0. The van der Waals surface area contributed by atoms with Gasteiger partial charge in [0.25, 0.3) is 0 Å². The molecule has 2 heteroatoms. The van der Waals surface area contributed by atoms with Crippen LogP contribution in [0.15, 0.2) is 47.0 Å². The minimum atomic E-state index is 0.105. The second kappa shape index (κ2) is 2.99. The van der Waals surface area contributed by atoms with E-state index in [1.165, 1.54) is 11.3 Å². The fourth-order valence-electron chi connectivity index (χ4n) is 2.45. The van der Waals surface area contributed by atoms with Gasteiger partial charge < -0.3 is 5.32 Å². The van der Waals surface area contributed by atoms with Crippen molar-refractivity contribution in [3.63, 3.8) is 0 Å². The standard InChI is InChI=1S/C13H12BrN/c1-13-7-3-2-4-12(13)15-11-6-5-9(14)8-10(11)13/h2-8,12,15H,1H3. The van der Waals surface area contributed by atoms with Crippen LogP contribution in [-0.2, 0) is 5.41 Å². The summed E-state index contributed by atoms with van der Waals surface area (Å²) in [5.74, 6) is 0. The van der Waals surface area contributed by atoms with Gasteiger partial charge in [-0.15, -0.1) is 0 Å². The van der Waals surface area contributed by atoms with Crippen LogP contribution in [-0.4, -0.2) is 6.04 Å². The number of fused-ring (bicyclic) bond motifs is 3. The first-order valence-corrected chi connectivity index (χ1v) is 5.92. The summed E-state index contributed by atoms with van der Waals surface area (Å²) in [7, 11) is 0. The molecule has 15 heavy (non-hydrogen) atoms. The zero-order chi connectivity index (χ0) is 10.5. The van der Waals surface area contributed by atoms with E-state index in [2.05, 4.69) is 70.7 Å². The maximum atomic E-state index is 3.55. The lowest BCUT2D eigenvalue weighted by molar-refractivity contribution is 0.578. The molecule has 2 unspecified atom stereocenters. The number of halogens is 1. The molecule has 1 aliphatic carbocycles. The molecule has 3 rings (SSSR count). The molecule has 1 N–H and O–H groups in total. The van der Waals surface area contributed by atoms with E-state index in [-0.39, 0.29) is 5.41 Å². The molecule has 1 aromatic carbocycles. The van der Waals surface area contributed by atoms with Crippen LogP contribution in [0.4, 0.5) is 5.69 Å². The van der Waals surface area contributed by atoms with Gasteiger partial charge in [0.1, 0.15) is 0 Å². The Morgan fingerprint density at radius 3 is 3.07 bits per heavy atom. The molecule has 2 aliphatic rings. The fourth-order valence-corrected chi connectivity index (χ4v) is 2.81. The van der Waals surface area contributed by atoms with Gasteiger partial charge in [-0.1, -0.05) is 40.2 Å². The van der Waals surface area contributed by atoms with Crippen LogP contribution in [0.3, 0.4) is 0 Å². The molecule has 0 bridgehead atoms. The van der Waals surface area contributed by atoms with Crippen LogP contribution < -0.4 is 5.32 Å². The average molecular weight is 262 g/mol. The first kappa shape index (κ1) is 9.22. The van der Waals surface area contributed by atoms with E-state index in [4.69, 9.17) is 0 Å². The zero-order valence-corrected chi connectivity index (χ0v) is 10.1. The van der Waals surface area contributed by atoms with Gasteiger partial charge in [0.05, 0.1) is 6.04 Å². The van der Waals surface area contributed by atoms with E-state index < -0.39 is 0 Å². The van der Waals surface area contributed by atoms with E-state index in [0.717, 1.165) is 4.47 Å². The fraction of sp³-hybridized carbons (Fsp3) is 0.231. The van der Waals surface area contributed by atoms with Crippen molar-refractivity contribution in [2.45, 2.75) is 18.4 Å². The molecule has 2 atom stereocenters. The van der Waals surface area contributed by atoms with Crippen LogP contribution in [0.2, 0.25) is 0 Å². The summed E-state index contributed by atoms with van der Waals surface area (Å²) in [6, 6.07) is 6.84. The number of benzene rings is 1. The molecule has 0 spiro atoms. The van der Waals surface area contributed by atoms with Crippen molar-refractivity contribution in [1.29, 1.82) is 0 Å². The molecule has 1 aliphatic heterocycles. The third kappa shape index (κ3) is 1.21. The maximum Gasteiger partial charge on any atom is 0.0577 e. The summed E-state index contributed by atoms with van der Waals surface area (Å²) in [5, 5.41) is 3.55. The Morgan fingerprint density at radius 2 is 2.20 bits per heavy atom. The Labute approximate surface area is 98.0 Å². The predicted molar refractivity (Wildman–Crippen MR) is 67.2 cm³/mol. The van der Waals surface area contributed by atoms with Crippen molar-refractivity contribution in [3.8, 4) is 0 Å². The first-order valence-electron chi connectivity index (χ1n) is 5.13. The van der Waals surface area contributed by atoms with Crippen molar-refractivity contribution in [2.75, 3.05) is 5.32 Å². The smallest absolute Gasteiger partial charge is 0.0577 e. The van der Waals surface area contributed by atoms with E-state index in [0.29, 0.717) is 6.04 Å². The Morgan fingerprint density at radius 1 is 1.33 bits per heavy atom. The van der Waals surface area contributed by atoms with Crippen molar-refractivity contribution in [3.05, 3.63) is 52.5 Å². The quantitative estimate of drug-likeness (QED) is 0.752. The van der Waals surface area contributed by atoms with E-state index >= 15 is 0 Å². The minimum Gasteiger partial charge on any atom is -0.377 e. The number of anilines is 1. The van der Waals surface area contributed by atoms with Crippen molar-refractivity contribution < 1.29 is 0 Å². The number of allylic oxidation sites excluding steroid dienone is 2. The Hall–Kier alpha value is -1.02.